The topological polar surface area (TPSA) is 61.4 Å². The van der Waals surface area contributed by atoms with Gasteiger partial charge in [0.2, 0.25) is 0 Å². The highest BCUT2D eigenvalue weighted by Gasteiger charge is 2.51. The van der Waals surface area contributed by atoms with Crippen molar-refractivity contribution in [2.75, 3.05) is 19.6 Å². The maximum Gasteiger partial charge on any atom is 0.325 e. The summed E-state index contributed by atoms with van der Waals surface area (Å²) in [6.07, 6.45) is 3.62. The van der Waals surface area contributed by atoms with Crippen LogP contribution in [-0.4, -0.2) is 42.0 Å². The quantitative estimate of drug-likeness (QED) is 0.582. The van der Waals surface area contributed by atoms with E-state index >= 15 is 0 Å². The van der Waals surface area contributed by atoms with Crippen LogP contribution in [0.4, 0.5) is 4.79 Å². The molecule has 2 rings (SSSR count). The van der Waals surface area contributed by atoms with Gasteiger partial charge in [-0.25, -0.2) is 4.79 Å². The molecule has 0 bridgehead atoms. The molecule has 1 aliphatic carbocycles. The van der Waals surface area contributed by atoms with E-state index in [2.05, 4.69) is 17.6 Å². The Morgan fingerprint density at radius 1 is 1.39 bits per heavy atom. The third kappa shape index (κ3) is 2.36. The summed E-state index contributed by atoms with van der Waals surface area (Å²) in [5.41, 5.74) is -0.587. The van der Waals surface area contributed by atoms with E-state index in [1.807, 2.05) is 6.92 Å². The first kappa shape index (κ1) is 13.3. The minimum absolute atomic E-state index is 0.0164. The molecule has 1 spiro atoms. The van der Waals surface area contributed by atoms with Crippen molar-refractivity contribution in [3.63, 3.8) is 0 Å². The van der Waals surface area contributed by atoms with Gasteiger partial charge in [-0.2, -0.15) is 0 Å². The normalized spacial score (nSPS) is 32.1. The van der Waals surface area contributed by atoms with E-state index in [0.717, 1.165) is 32.2 Å². The van der Waals surface area contributed by atoms with Crippen molar-refractivity contribution < 1.29 is 9.59 Å². The van der Waals surface area contributed by atoms with Crippen molar-refractivity contribution >= 4 is 11.9 Å². The van der Waals surface area contributed by atoms with E-state index in [1.54, 1.807) is 0 Å². The predicted octanol–water partition coefficient (Wildman–Crippen LogP) is 1.10. The highest BCUT2D eigenvalue weighted by molar-refractivity contribution is 6.07. The van der Waals surface area contributed by atoms with E-state index in [-0.39, 0.29) is 11.9 Å². The van der Waals surface area contributed by atoms with Gasteiger partial charge in [0.15, 0.2) is 0 Å². The highest BCUT2D eigenvalue weighted by Crippen LogP contribution is 2.36. The van der Waals surface area contributed by atoms with E-state index < -0.39 is 5.54 Å². The molecule has 0 aromatic heterocycles. The zero-order valence-corrected chi connectivity index (χ0v) is 11.3. The largest absolute Gasteiger partial charge is 0.325 e. The molecule has 2 N–H and O–H groups in total. The molecule has 1 aliphatic heterocycles. The van der Waals surface area contributed by atoms with Crippen molar-refractivity contribution in [2.45, 2.75) is 45.1 Å². The Labute approximate surface area is 108 Å². The van der Waals surface area contributed by atoms with Gasteiger partial charge in [-0.1, -0.05) is 13.8 Å². The first-order valence-corrected chi connectivity index (χ1v) is 6.94. The van der Waals surface area contributed by atoms with E-state index in [1.165, 1.54) is 4.90 Å². The fourth-order valence-corrected chi connectivity index (χ4v) is 2.84. The van der Waals surface area contributed by atoms with Gasteiger partial charge in [-0.05, 0) is 38.1 Å². The van der Waals surface area contributed by atoms with Gasteiger partial charge in [0.05, 0.1) is 0 Å². The molecule has 0 atom stereocenters. The summed E-state index contributed by atoms with van der Waals surface area (Å²) in [4.78, 5) is 25.7. The standard InChI is InChI=1S/C13H23N3O2/c1-3-14-8-9-16-11(17)13(15-12(16)18)6-4-10(2)5-7-13/h10,14H,3-9H2,1-2H3,(H,15,18). The second-order valence-electron chi connectivity index (χ2n) is 5.51. The third-order valence-corrected chi connectivity index (χ3v) is 4.14. The van der Waals surface area contributed by atoms with Crippen LogP contribution in [0.2, 0.25) is 0 Å². The summed E-state index contributed by atoms with van der Waals surface area (Å²) < 4.78 is 0. The smallest absolute Gasteiger partial charge is 0.323 e. The van der Waals surface area contributed by atoms with E-state index in [9.17, 15) is 9.59 Å². The predicted molar refractivity (Wildman–Crippen MR) is 69.2 cm³/mol. The average molecular weight is 253 g/mol. The van der Waals surface area contributed by atoms with Crippen molar-refractivity contribution in [1.82, 2.24) is 15.5 Å². The Balaban J connectivity index is 1.99. The first-order chi connectivity index (χ1) is 8.59. The number of imide groups is 1. The monoisotopic (exact) mass is 253 g/mol. The van der Waals surface area contributed by atoms with E-state index in [4.69, 9.17) is 0 Å². The molecule has 1 saturated heterocycles. The van der Waals surface area contributed by atoms with Gasteiger partial charge in [0.25, 0.3) is 5.91 Å². The van der Waals surface area contributed by atoms with Gasteiger partial charge in [-0.3, -0.25) is 9.69 Å². The van der Waals surface area contributed by atoms with E-state index in [0.29, 0.717) is 19.0 Å². The minimum atomic E-state index is -0.587. The van der Waals surface area contributed by atoms with Crippen molar-refractivity contribution in [1.29, 1.82) is 0 Å². The minimum Gasteiger partial charge on any atom is -0.323 e. The molecule has 102 valence electrons. The van der Waals surface area contributed by atoms with Crippen LogP contribution in [0.5, 0.6) is 0 Å². The number of urea groups is 1. The fourth-order valence-electron chi connectivity index (χ4n) is 2.84. The lowest BCUT2D eigenvalue weighted by molar-refractivity contribution is -0.132. The highest BCUT2D eigenvalue weighted by atomic mass is 16.2. The van der Waals surface area contributed by atoms with Gasteiger partial charge >= 0.3 is 6.03 Å². The third-order valence-electron chi connectivity index (χ3n) is 4.14. The van der Waals surface area contributed by atoms with Crippen LogP contribution in [0.15, 0.2) is 0 Å². The van der Waals surface area contributed by atoms with Crippen LogP contribution in [0.3, 0.4) is 0 Å². The zero-order valence-electron chi connectivity index (χ0n) is 11.3. The number of hydrogen-bond acceptors (Lipinski definition) is 3. The molecule has 0 aromatic rings. The Hall–Kier alpha value is -1.10. The van der Waals surface area contributed by atoms with Gasteiger partial charge in [0.1, 0.15) is 5.54 Å². The summed E-state index contributed by atoms with van der Waals surface area (Å²) in [7, 11) is 0. The number of amides is 3. The number of hydrogen-bond donors (Lipinski definition) is 2. The molecule has 5 nitrogen and oxygen atoms in total. The average Bonchev–Trinajstić information content (AvgIpc) is 2.58. The van der Waals surface area contributed by atoms with Crippen LogP contribution in [0, 0.1) is 5.92 Å². The number of rotatable bonds is 4. The lowest BCUT2D eigenvalue weighted by atomic mass is 9.77. The summed E-state index contributed by atoms with van der Waals surface area (Å²) in [5.74, 6) is 0.647. The first-order valence-electron chi connectivity index (χ1n) is 6.94. The Kier molecular flexibility index (Phi) is 3.90. The molecule has 18 heavy (non-hydrogen) atoms. The SMILES string of the molecule is CCNCCN1C(=O)NC2(CCC(C)CC2)C1=O. The summed E-state index contributed by atoms with van der Waals surface area (Å²) in [5, 5.41) is 6.07. The van der Waals surface area contributed by atoms with Crippen LogP contribution in [0.1, 0.15) is 39.5 Å². The molecule has 2 fully saturated rings. The Morgan fingerprint density at radius 2 is 2.06 bits per heavy atom. The molecular weight excluding hydrogens is 230 g/mol. The van der Waals surface area contributed by atoms with Crippen LogP contribution in [-0.2, 0) is 4.79 Å². The summed E-state index contributed by atoms with van der Waals surface area (Å²) in [6.45, 7) is 6.21. The number of nitrogens with one attached hydrogen (secondary N) is 2. The van der Waals surface area contributed by atoms with Gasteiger partial charge < -0.3 is 10.6 Å². The molecule has 2 aliphatic rings. The van der Waals surface area contributed by atoms with Crippen LogP contribution >= 0.6 is 0 Å². The zero-order chi connectivity index (χ0) is 13.2. The van der Waals surface area contributed by atoms with Crippen molar-refractivity contribution in [3.05, 3.63) is 0 Å². The Morgan fingerprint density at radius 3 is 2.67 bits per heavy atom. The molecular formula is C13H23N3O2. The number of likely N-dealkylation sites (N-methyl/N-ethyl adjacent to an activating group) is 1. The Bertz CT molecular complexity index is 335. The molecule has 0 unspecified atom stereocenters. The number of carbonyl (C=O) groups is 2. The van der Waals surface area contributed by atoms with Gasteiger partial charge in [0, 0.05) is 13.1 Å². The molecule has 0 aromatic carbocycles. The lowest BCUT2D eigenvalue weighted by Crippen LogP contribution is -2.49. The molecule has 3 amide bonds. The van der Waals surface area contributed by atoms with Gasteiger partial charge in [-0.15, -0.1) is 0 Å². The maximum atomic E-state index is 12.4. The second kappa shape index (κ2) is 5.26. The molecule has 0 radical (unpaired) electrons. The molecule has 1 saturated carbocycles. The lowest BCUT2D eigenvalue weighted by Gasteiger charge is -2.33. The molecule has 5 heteroatoms. The summed E-state index contributed by atoms with van der Waals surface area (Å²) in [6, 6.07) is -0.215. The van der Waals surface area contributed by atoms with Crippen molar-refractivity contribution in [2.24, 2.45) is 5.92 Å². The maximum absolute atomic E-state index is 12.4. The van der Waals surface area contributed by atoms with Crippen molar-refractivity contribution in [3.8, 4) is 0 Å². The second-order valence-corrected chi connectivity index (χ2v) is 5.51. The molecule has 1 heterocycles. The van der Waals surface area contributed by atoms with Crippen LogP contribution in [0.25, 0.3) is 0 Å². The fraction of sp³-hybridized carbons (Fsp3) is 0.846. The summed E-state index contributed by atoms with van der Waals surface area (Å²) >= 11 is 0. The number of carbonyl (C=O) groups excluding carboxylic acids is 2. The van der Waals surface area contributed by atoms with Crippen LogP contribution < -0.4 is 10.6 Å². The number of nitrogens with zero attached hydrogens (tertiary/aromatic N) is 1.